The zero-order chi connectivity index (χ0) is 43.0. The van der Waals surface area contributed by atoms with Gasteiger partial charge in [0.15, 0.2) is 6.10 Å². The number of carbonyl (C=O) groups is 2. The van der Waals surface area contributed by atoms with Gasteiger partial charge in [-0.1, -0.05) is 152 Å². The van der Waals surface area contributed by atoms with E-state index < -0.39 is 32.5 Å². The Hall–Kier alpha value is -2.53. The van der Waals surface area contributed by atoms with E-state index in [9.17, 15) is 19.0 Å². The average Bonchev–Trinajstić information content (AvgIpc) is 3.17. The lowest BCUT2D eigenvalue weighted by Gasteiger charge is -2.24. The number of hydrogen-bond acceptors (Lipinski definition) is 9. The largest absolute Gasteiger partial charge is 0.472 e. The number of hydrogen-bond donors (Lipinski definition) is 2. The molecule has 0 radical (unpaired) electrons. The Balaban J connectivity index is 4.49. The summed E-state index contributed by atoms with van der Waals surface area (Å²) in [6.07, 6.45) is 41.3. The van der Waals surface area contributed by atoms with Crippen molar-refractivity contribution in [2.75, 3.05) is 47.5 Å². The summed E-state index contributed by atoms with van der Waals surface area (Å²) in [5.74, 6) is -0.306. The molecule has 0 saturated carbocycles. The monoisotopic (exact) mass is 841 g/mol. The second kappa shape index (κ2) is 38.7. The summed E-state index contributed by atoms with van der Waals surface area (Å²) in [6.45, 7) is 4.05. The third kappa shape index (κ3) is 40.3. The highest BCUT2D eigenvalue weighted by molar-refractivity contribution is 7.47. The standard InChI is InChI=1S/C46H82NO10P/c1-6-8-9-10-11-12-13-14-15-18-21-24-27-30-33-37-45(48)53-41-44(42-55-58(51,52)54-40-39-47(3,4)5)56-46(49)38-34-31-28-25-22-19-16-17-20-23-26-29-32-36-43(57-50)35-7-2/h16,19-20,23,25-26,28-29,35,44H,6-15,17-18,21-22,24,27,30-34,36-42H2,1-5H3,(H-,50,51,52)/p+1/b19-16-,23-20-,28-25-,29-26+,43-35-/t44-/m1/s1. The summed E-state index contributed by atoms with van der Waals surface area (Å²) in [6, 6.07) is 0. The second-order valence-electron chi connectivity index (χ2n) is 16.0. The minimum Gasteiger partial charge on any atom is -0.462 e. The molecule has 0 saturated heterocycles. The van der Waals surface area contributed by atoms with Crippen LogP contribution in [0.1, 0.15) is 168 Å². The minimum absolute atomic E-state index is 0.0101. The van der Waals surface area contributed by atoms with Crippen LogP contribution < -0.4 is 0 Å². The molecule has 0 bridgehead atoms. The average molecular weight is 841 g/mol. The van der Waals surface area contributed by atoms with Gasteiger partial charge >= 0.3 is 19.8 Å². The number of likely N-dealkylation sites (N-methyl/N-ethyl adjacent to an activating group) is 1. The first-order valence-electron chi connectivity index (χ1n) is 22.3. The summed E-state index contributed by atoms with van der Waals surface area (Å²) in [5, 5.41) is 8.81. The molecule has 0 aromatic rings. The third-order valence-electron chi connectivity index (χ3n) is 9.27. The van der Waals surface area contributed by atoms with E-state index in [-0.39, 0.29) is 26.1 Å². The topological polar surface area (TPSA) is 138 Å². The fraction of sp³-hybridized carbons (Fsp3) is 0.739. The van der Waals surface area contributed by atoms with E-state index >= 15 is 0 Å². The van der Waals surface area contributed by atoms with Crippen LogP contribution >= 0.6 is 7.82 Å². The third-order valence-corrected chi connectivity index (χ3v) is 10.3. The highest BCUT2D eigenvalue weighted by Crippen LogP contribution is 2.43. The van der Waals surface area contributed by atoms with Crippen LogP contribution in [0.3, 0.4) is 0 Å². The van der Waals surface area contributed by atoms with Gasteiger partial charge in [0, 0.05) is 19.3 Å². The van der Waals surface area contributed by atoms with Gasteiger partial charge in [0.1, 0.15) is 25.5 Å². The van der Waals surface area contributed by atoms with Crippen LogP contribution in [0.15, 0.2) is 60.4 Å². The van der Waals surface area contributed by atoms with Crippen molar-refractivity contribution < 1.29 is 52.2 Å². The SMILES string of the molecule is CC/C=C(/CC/C=C/C=C\C/C=C\C/C=C\CCCC(=O)O[C@H](COC(=O)CCCCCCCCCCCCCCCCC)COP(=O)(O)OCC[N+](C)(C)C)OO. The Morgan fingerprint density at radius 2 is 1.19 bits per heavy atom. The van der Waals surface area contributed by atoms with E-state index in [1.54, 1.807) is 0 Å². The Bertz CT molecular complexity index is 1210. The van der Waals surface area contributed by atoms with E-state index in [0.717, 1.165) is 44.9 Å². The Morgan fingerprint density at radius 1 is 0.638 bits per heavy atom. The van der Waals surface area contributed by atoms with Gasteiger partial charge < -0.3 is 23.7 Å². The predicted octanol–water partition coefficient (Wildman–Crippen LogP) is 12.3. The molecule has 58 heavy (non-hydrogen) atoms. The van der Waals surface area contributed by atoms with Crippen LogP contribution in [0, 0.1) is 0 Å². The van der Waals surface area contributed by atoms with Crippen LogP contribution in [-0.2, 0) is 37.6 Å². The Kier molecular flexibility index (Phi) is 37.0. The normalized spacial score (nSPS) is 14.2. The van der Waals surface area contributed by atoms with Gasteiger partial charge in [-0.05, 0) is 51.0 Å². The highest BCUT2D eigenvalue weighted by atomic mass is 31.2. The number of ether oxygens (including phenoxy) is 2. The van der Waals surface area contributed by atoms with Crippen molar-refractivity contribution in [3.05, 3.63) is 60.4 Å². The first-order chi connectivity index (χ1) is 27.9. The maximum absolute atomic E-state index is 12.7. The summed E-state index contributed by atoms with van der Waals surface area (Å²) < 4.78 is 34.2. The summed E-state index contributed by atoms with van der Waals surface area (Å²) in [5.41, 5.74) is 0. The smallest absolute Gasteiger partial charge is 0.462 e. The lowest BCUT2D eigenvalue weighted by molar-refractivity contribution is -0.870. The van der Waals surface area contributed by atoms with Crippen LogP contribution in [0.5, 0.6) is 0 Å². The molecule has 11 nitrogen and oxygen atoms in total. The van der Waals surface area contributed by atoms with Crippen LogP contribution in [0.25, 0.3) is 0 Å². The molecule has 0 heterocycles. The fourth-order valence-electron chi connectivity index (χ4n) is 5.80. The first kappa shape index (κ1) is 55.5. The number of rotatable bonds is 40. The van der Waals surface area contributed by atoms with Crippen molar-refractivity contribution in [2.45, 2.75) is 174 Å². The van der Waals surface area contributed by atoms with Crippen molar-refractivity contribution >= 4 is 19.8 Å². The molecule has 0 aliphatic rings. The van der Waals surface area contributed by atoms with Crippen LogP contribution in [-0.4, -0.2) is 80.2 Å². The van der Waals surface area contributed by atoms with Gasteiger partial charge in [0.25, 0.3) is 0 Å². The van der Waals surface area contributed by atoms with Crippen LogP contribution in [0.4, 0.5) is 0 Å². The zero-order valence-corrected chi connectivity index (χ0v) is 38.0. The molecular weight excluding hydrogens is 757 g/mol. The summed E-state index contributed by atoms with van der Waals surface area (Å²) in [7, 11) is 1.40. The lowest BCUT2D eigenvalue weighted by Crippen LogP contribution is -2.37. The molecule has 0 fully saturated rings. The Labute approximate surface area is 353 Å². The van der Waals surface area contributed by atoms with Gasteiger partial charge in [0.2, 0.25) is 0 Å². The van der Waals surface area contributed by atoms with E-state index in [4.69, 9.17) is 23.8 Å². The molecule has 0 amide bonds. The highest BCUT2D eigenvalue weighted by Gasteiger charge is 2.27. The van der Waals surface area contributed by atoms with Gasteiger partial charge in [-0.25, -0.2) is 9.82 Å². The summed E-state index contributed by atoms with van der Waals surface area (Å²) >= 11 is 0. The van der Waals surface area contributed by atoms with Crippen molar-refractivity contribution in [3.8, 4) is 0 Å². The summed E-state index contributed by atoms with van der Waals surface area (Å²) in [4.78, 5) is 39.7. The Morgan fingerprint density at radius 3 is 1.78 bits per heavy atom. The molecule has 0 rings (SSSR count). The van der Waals surface area contributed by atoms with E-state index in [1.165, 1.54) is 77.0 Å². The number of phosphoric ester groups is 1. The fourth-order valence-corrected chi connectivity index (χ4v) is 6.54. The van der Waals surface area contributed by atoms with Crippen molar-refractivity contribution in [3.63, 3.8) is 0 Å². The van der Waals surface area contributed by atoms with Crippen molar-refractivity contribution in [1.29, 1.82) is 0 Å². The number of esters is 2. The maximum atomic E-state index is 12.7. The molecule has 336 valence electrons. The molecule has 1 unspecified atom stereocenters. The minimum atomic E-state index is -4.40. The second-order valence-corrected chi connectivity index (χ2v) is 17.4. The number of phosphoric acid groups is 1. The van der Waals surface area contributed by atoms with E-state index in [2.05, 4.69) is 30.0 Å². The number of nitrogens with zero attached hydrogens (tertiary/aromatic N) is 1. The quantitative estimate of drug-likeness (QED) is 0.00706. The van der Waals surface area contributed by atoms with Gasteiger partial charge in [-0.2, -0.15) is 0 Å². The molecule has 0 aromatic carbocycles. The predicted molar refractivity (Wildman–Crippen MR) is 236 cm³/mol. The maximum Gasteiger partial charge on any atom is 0.472 e. The molecular formula is C46H83NO10P+. The number of carbonyl (C=O) groups excluding carboxylic acids is 2. The number of quaternary nitrogens is 1. The number of allylic oxidation sites excluding steroid dienone is 10. The molecule has 2 atom stereocenters. The molecule has 0 spiro atoms. The van der Waals surface area contributed by atoms with Crippen LogP contribution in [0.2, 0.25) is 0 Å². The van der Waals surface area contributed by atoms with Crippen molar-refractivity contribution in [2.24, 2.45) is 0 Å². The molecule has 0 aliphatic heterocycles. The van der Waals surface area contributed by atoms with Gasteiger partial charge in [-0.3, -0.25) is 18.6 Å². The molecule has 0 aromatic heterocycles. The zero-order valence-electron chi connectivity index (χ0n) is 37.1. The lowest BCUT2D eigenvalue weighted by atomic mass is 10.0. The van der Waals surface area contributed by atoms with E-state index in [0.29, 0.717) is 36.0 Å². The molecule has 12 heteroatoms. The first-order valence-corrected chi connectivity index (χ1v) is 23.8. The van der Waals surface area contributed by atoms with Crippen molar-refractivity contribution in [1.82, 2.24) is 0 Å². The number of unbranched alkanes of at least 4 members (excludes halogenated alkanes) is 15. The van der Waals surface area contributed by atoms with Gasteiger partial charge in [-0.15, -0.1) is 0 Å². The molecule has 2 N–H and O–H groups in total. The molecule has 0 aliphatic carbocycles. The van der Waals surface area contributed by atoms with E-state index in [1.807, 2.05) is 64.5 Å². The van der Waals surface area contributed by atoms with Gasteiger partial charge in [0.05, 0.1) is 27.7 Å².